The molecule has 7 heavy (non-hydrogen) atoms. The molecule has 0 bridgehead atoms. The molecule has 0 fully saturated rings. The predicted octanol–water partition coefficient (Wildman–Crippen LogP) is 1.31. The molecule has 0 aromatic heterocycles. The van der Waals surface area contributed by atoms with Crippen molar-refractivity contribution in [3.05, 3.63) is 0 Å². The van der Waals surface area contributed by atoms with Crippen molar-refractivity contribution in [2.75, 3.05) is 13.3 Å². The van der Waals surface area contributed by atoms with Crippen LogP contribution in [0.15, 0.2) is 0 Å². The SMILES string of the molecule is CCCOP(C)N. The third-order valence-electron chi connectivity index (χ3n) is 0.499. The average Bonchev–Trinajstić information content (AvgIpc) is 1.61. The first-order chi connectivity index (χ1) is 3.27. The van der Waals surface area contributed by atoms with Crippen molar-refractivity contribution in [2.24, 2.45) is 5.50 Å². The van der Waals surface area contributed by atoms with E-state index in [4.69, 9.17) is 10.0 Å². The smallest absolute Gasteiger partial charge is 0.0950 e. The fourth-order valence-electron chi connectivity index (χ4n) is 0.235. The monoisotopic (exact) mass is 121 g/mol. The van der Waals surface area contributed by atoms with Crippen LogP contribution >= 0.6 is 8.30 Å². The minimum Gasteiger partial charge on any atom is -0.344 e. The van der Waals surface area contributed by atoms with Gasteiger partial charge >= 0.3 is 0 Å². The van der Waals surface area contributed by atoms with Gasteiger partial charge in [-0.1, -0.05) is 6.92 Å². The maximum absolute atomic E-state index is 5.32. The average molecular weight is 121 g/mol. The molecule has 0 saturated heterocycles. The summed E-state index contributed by atoms with van der Waals surface area (Å²) >= 11 is 0. The van der Waals surface area contributed by atoms with Gasteiger partial charge in [-0.25, -0.2) is 0 Å². The highest BCUT2D eigenvalue weighted by molar-refractivity contribution is 7.48. The second kappa shape index (κ2) is 4.51. The summed E-state index contributed by atoms with van der Waals surface area (Å²) in [7, 11) is -0.606. The molecule has 0 spiro atoms. The first-order valence-electron chi connectivity index (χ1n) is 2.38. The second-order valence-corrected chi connectivity index (χ2v) is 2.73. The Labute approximate surface area is 45.9 Å². The lowest BCUT2D eigenvalue weighted by Gasteiger charge is -2.02. The Kier molecular flexibility index (Phi) is 4.73. The van der Waals surface area contributed by atoms with Crippen LogP contribution in [-0.4, -0.2) is 13.3 Å². The molecule has 2 nitrogen and oxygen atoms in total. The minimum absolute atomic E-state index is 0.606. The fourth-order valence-corrected chi connectivity index (χ4v) is 0.706. The van der Waals surface area contributed by atoms with Crippen LogP contribution in [0.4, 0.5) is 0 Å². The largest absolute Gasteiger partial charge is 0.344 e. The van der Waals surface area contributed by atoms with E-state index in [0.717, 1.165) is 13.0 Å². The molecule has 0 aromatic rings. The quantitative estimate of drug-likeness (QED) is 0.571. The molecule has 0 aliphatic carbocycles. The molecule has 0 rings (SSSR count). The first-order valence-corrected chi connectivity index (χ1v) is 4.16. The summed E-state index contributed by atoms with van der Waals surface area (Å²) in [6.45, 7) is 4.77. The van der Waals surface area contributed by atoms with Crippen molar-refractivity contribution >= 4 is 8.30 Å². The van der Waals surface area contributed by atoms with Gasteiger partial charge in [-0.2, -0.15) is 0 Å². The predicted molar refractivity (Wildman–Crippen MR) is 33.3 cm³/mol. The molecular formula is C4H12NOP. The Morgan fingerprint density at radius 2 is 2.29 bits per heavy atom. The van der Waals surface area contributed by atoms with Crippen molar-refractivity contribution in [3.63, 3.8) is 0 Å². The van der Waals surface area contributed by atoms with E-state index in [0.29, 0.717) is 0 Å². The summed E-state index contributed by atoms with van der Waals surface area (Å²) in [5.74, 6) is 0. The summed E-state index contributed by atoms with van der Waals surface area (Å²) in [6.07, 6.45) is 1.06. The number of hydrogen-bond donors (Lipinski definition) is 1. The van der Waals surface area contributed by atoms with Gasteiger partial charge in [0.1, 0.15) is 0 Å². The lowest BCUT2D eigenvalue weighted by Crippen LogP contribution is -1.92. The third kappa shape index (κ3) is 6.35. The van der Waals surface area contributed by atoms with Crippen LogP contribution in [0.1, 0.15) is 13.3 Å². The number of rotatable bonds is 3. The van der Waals surface area contributed by atoms with Crippen LogP contribution in [0.2, 0.25) is 0 Å². The normalized spacial score (nSPS) is 14.1. The van der Waals surface area contributed by atoms with E-state index in [2.05, 4.69) is 6.92 Å². The molecule has 0 aromatic carbocycles. The molecule has 44 valence electrons. The van der Waals surface area contributed by atoms with Gasteiger partial charge in [0.05, 0.1) is 14.9 Å². The first kappa shape index (κ1) is 7.35. The van der Waals surface area contributed by atoms with Crippen LogP contribution in [0.25, 0.3) is 0 Å². The van der Waals surface area contributed by atoms with Gasteiger partial charge in [0, 0.05) is 0 Å². The Morgan fingerprint density at radius 3 is 2.43 bits per heavy atom. The van der Waals surface area contributed by atoms with Crippen molar-refractivity contribution in [2.45, 2.75) is 13.3 Å². The molecule has 2 N–H and O–H groups in total. The summed E-state index contributed by atoms with van der Waals surface area (Å²) in [5.41, 5.74) is 5.32. The standard InChI is InChI=1S/C4H12NOP/c1-3-4-6-7(2)5/h3-5H2,1-2H3. The zero-order valence-electron chi connectivity index (χ0n) is 4.85. The highest BCUT2D eigenvalue weighted by Crippen LogP contribution is 2.19. The topological polar surface area (TPSA) is 35.2 Å². The van der Waals surface area contributed by atoms with Crippen LogP contribution in [0, 0.1) is 0 Å². The maximum atomic E-state index is 5.32. The van der Waals surface area contributed by atoms with Crippen molar-refractivity contribution in [1.82, 2.24) is 0 Å². The summed E-state index contributed by atoms with van der Waals surface area (Å²) in [5, 5.41) is 0. The van der Waals surface area contributed by atoms with Gasteiger partial charge in [0.25, 0.3) is 0 Å². The molecular weight excluding hydrogens is 109 g/mol. The van der Waals surface area contributed by atoms with Gasteiger partial charge in [0.15, 0.2) is 0 Å². The van der Waals surface area contributed by atoms with Crippen LogP contribution in [0.3, 0.4) is 0 Å². The van der Waals surface area contributed by atoms with Crippen molar-refractivity contribution in [3.8, 4) is 0 Å². The van der Waals surface area contributed by atoms with Gasteiger partial charge in [-0.05, 0) is 13.1 Å². The molecule has 0 amide bonds. The Bertz CT molecular complexity index is 40.7. The van der Waals surface area contributed by atoms with E-state index in [9.17, 15) is 0 Å². The summed E-state index contributed by atoms with van der Waals surface area (Å²) < 4.78 is 5.03. The van der Waals surface area contributed by atoms with Crippen LogP contribution < -0.4 is 5.50 Å². The molecule has 0 heterocycles. The van der Waals surface area contributed by atoms with Gasteiger partial charge < -0.3 is 4.52 Å². The Hall–Kier alpha value is 0.350. The van der Waals surface area contributed by atoms with Crippen molar-refractivity contribution in [1.29, 1.82) is 0 Å². The van der Waals surface area contributed by atoms with E-state index in [1.807, 2.05) is 6.66 Å². The van der Waals surface area contributed by atoms with Gasteiger partial charge in [0.2, 0.25) is 0 Å². The zero-order valence-corrected chi connectivity index (χ0v) is 5.74. The van der Waals surface area contributed by atoms with Gasteiger partial charge in [-0.15, -0.1) is 0 Å². The third-order valence-corrected chi connectivity index (χ3v) is 1.09. The van der Waals surface area contributed by atoms with Crippen molar-refractivity contribution < 1.29 is 4.52 Å². The highest BCUT2D eigenvalue weighted by atomic mass is 31.2. The molecule has 1 atom stereocenters. The van der Waals surface area contributed by atoms with E-state index in [1.54, 1.807) is 0 Å². The van der Waals surface area contributed by atoms with E-state index >= 15 is 0 Å². The molecule has 1 unspecified atom stereocenters. The lowest BCUT2D eigenvalue weighted by molar-refractivity contribution is 0.354. The Morgan fingerprint density at radius 1 is 1.71 bits per heavy atom. The Balaban J connectivity index is 2.68. The van der Waals surface area contributed by atoms with E-state index in [1.165, 1.54) is 0 Å². The zero-order chi connectivity index (χ0) is 5.70. The molecule has 0 aliphatic heterocycles. The molecule has 0 radical (unpaired) electrons. The van der Waals surface area contributed by atoms with E-state index < -0.39 is 8.30 Å². The highest BCUT2D eigenvalue weighted by Gasteiger charge is 1.87. The van der Waals surface area contributed by atoms with Crippen LogP contribution in [0.5, 0.6) is 0 Å². The number of hydrogen-bond acceptors (Lipinski definition) is 2. The minimum atomic E-state index is -0.606. The molecule has 3 heteroatoms. The van der Waals surface area contributed by atoms with Crippen LogP contribution in [-0.2, 0) is 4.52 Å². The number of nitrogens with two attached hydrogens (primary N) is 1. The molecule has 0 aliphatic rings. The second-order valence-electron chi connectivity index (χ2n) is 1.38. The summed E-state index contributed by atoms with van der Waals surface area (Å²) in [4.78, 5) is 0. The fraction of sp³-hybridized carbons (Fsp3) is 1.00. The molecule has 0 saturated carbocycles. The van der Waals surface area contributed by atoms with Gasteiger partial charge in [-0.3, -0.25) is 5.50 Å². The summed E-state index contributed by atoms with van der Waals surface area (Å²) in [6, 6.07) is 0. The lowest BCUT2D eigenvalue weighted by atomic mass is 10.5. The maximum Gasteiger partial charge on any atom is 0.0950 e. The van der Waals surface area contributed by atoms with E-state index in [-0.39, 0.29) is 0 Å².